The number of pyridine rings is 1. The zero-order valence-corrected chi connectivity index (χ0v) is 17.6. The van der Waals surface area contributed by atoms with Crippen LogP contribution in [0.2, 0.25) is 0 Å². The summed E-state index contributed by atoms with van der Waals surface area (Å²) < 4.78 is 0. The maximum absolute atomic E-state index is 13.1. The first-order valence-corrected chi connectivity index (χ1v) is 10.7. The molecular formula is C24H32N4O. The molecule has 2 saturated heterocycles. The van der Waals surface area contributed by atoms with E-state index in [1.807, 2.05) is 18.5 Å². The molecular weight excluding hydrogens is 360 g/mol. The molecule has 1 N–H and O–H groups in total. The Bertz CT molecular complexity index is 802. The Balaban J connectivity index is 1.43. The maximum atomic E-state index is 13.1. The number of benzene rings is 1. The van der Waals surface area contributed by atoms with Gasteiger partial charge in [-0.05, 0) is 23.1 Å². The fourth-order valence-electron chi connectivity index (χ4n) is 4.85. The second kappa shape index (κ2) is 8.64. The number of nitrogens with zero attached hydrogens (tertiary/aromatic N) is 3. The van der Waals surface area contributed by atoms with Crippen LogP contribution in [0.3, 0.4) is 0 Å². The number of hydrogen-bond acceptors (Lipinski definition) is 4. The SMILES string of the molecule is CC(C)CNC(=O)C1CN(Cc2ccccc2)CC12CN(Cc1cccnc1)C2. The molecule has 0 radical (unpaired) electrons. The Morgan fingerprint density at radius 2 is 1.76 bits per heavy atom. The lowest BCUT2D eigenvalue weighted by molar-refractivity contribution is -0.133. The Kier molecular flexibility index (Phi) is 5.97. The zero-order chi connectivity index (χ0) is 20.3. The number of carbonyl (C=O) groups is 1. The molecule has 0 bridgehead atoms. The number of nitrogens with one attached hydrogen (secondary N) is 1. The number of hydrogen-bond donors (Lipinski definition) is 1. The van der Waals surface area contributed by atoms with Crippen molar-refractivity contribution in [2.24, 2.45) is 17.3 Å². The molecule has 2 aliphatic heterocycles. The van der Waals surface area contributed by atoms with Gasteiger partial charge in [-0.15, -0.1) is 0 Å². The molecule has 154 valence electrons. The van der Waals surface area contributed by atoms with Gasteiger partial charge in [0, 0.05) is 63.6 Å². The Hall–Kier alpha value is -2.24. The van der Waals surface area contributed by atoms with E-state index in [0.29, 0.717) is 5.92 Å². The Morgan fingerprint density at radius 3 is 2.45 bits per heavy atom. The highest BCUT2D eigenvalue weighted by molar-refractivity contribution is 5.80. The molecule has 5 heteroatoms. The molecule has 1 atom stereocenters. The minimum absolute atomic E-state index is 0.0649. The number of aromatic nitrogens is 1. The standard InChI is InChI=1S/C24H32N4O/c1-19(2)11-26-23(29)22-15-27(13-20-7-4-3-5-8-20)16-24(22)17-28(18-24)14-21-9-6-10-25-12-21/h3-10,12,19,22H,11,13-18H2,1-2H3,(H,26,29). The van der Waals surface area contributed by atoms with Crippen molar-refractivity contribution in [1.29, 1.82) is 0 Å². The minimum atomic E-state index is 0.0649. The highest BCUT2D eigenvalue weighted by Crippen LogP contribution is 2.45. The van der Waals surface area contributed by atoms with Crippen LogP contribution >= 0.6 is 0 Å². The predicted octanol–water partition coefficient (Wildman–Crippen LogP) is 2.79. The third kappa shape index (κ3) is 4.68. The second-order valence-corrected chi connectivity index (χ2v) is 9.22. The van der Waals surface area contributed by atoms with Gasteiger partial charge < -0.3 is 5.32 Å². The van der Waals surface area contributed by atoms with Crippen LogP contribution < -0.4 is 5.32 Å². The van der Waals surface area contributed by atoms with Gasteiger partial charge in [-0.2, -0.15) is 0 Å². The van der Waals surface area contributed by atoms with Crippen LogP contribution in [-0.4, -0.2) is 53.4 Å². The predicted molar refractivity (Wildman–Crippen MR) is 115 cm³/mol. The van der Waals surface area contributed by atoms with Crippen molar-refractivity contribution in [3.63, 3.8) is 0 Å². The molecule has 1 aromatic heterocycles. The van der Waals surface area contributed by atoms with Crippen molar-refractivity contribution in [2.45, 2.75) is 26.9 Å². The highest BCUT2D eigenvalue weighted by atomic mass is 16.2. The summed E-state index contributed by atoms with van der Waals surface area (Å²) in [5.41, 5.74) is 2.62. The van der Waals surface area contributed by atoms with Gasteiger partial charge in [-0.25, -0.2) is 0 Å². The van der Waals surface area contributed by atoms with Crippen LogP contribution in [-0.2, 0) is 17.9 Å². The third-order valence-corrected chi connectivity index (χ3v) is 6.17. The number of carbonyl (C=O) groups excluding carboxylic acids is 1. The first-order valence-electron chi connectivity index (χ1n) is 10.7. The molecule has 1 amide bonds. The van der Waals surface area contributed by atoms with E-state index in [1.165, 1.54) is 11.1 Å². The van der Waals surface area contributed by atoms with Gasteiger partial charge in [-0.1, -0.05) is 50.2 Å². The van der Waals surface area contributed by atoms with E-state index < -0.39 is 0 Å². The summed E-state index contributed by atoms with van der Waals surface area (Å²) >= 11 is 0. The van der Waals surface area contributed by atoms with Gasteiger partial charge in [0.15, 0.2) is 0 Å². The lowest BCUT2D eigenvalue weighted by atomic mass is 9.71. The fourth-order valence-corrected chi connectivity index (χ4v) is 4.85. The topological polar surface area (TPSA) is 48.5 Å². The van der Waals surface area contributed by atoms with Gasteiger partial charge in [-0.3, -0.25) is 19.6 Å². The largest absolute Gasteiger partial charge is 0.356 e. The van der Waals surface area contributed by atoms with Crippen molar-refractivity contribution in [2.75, 3.05) is 32.7 Å². The molecule has 4 rings (SSSR count). The summed E-state index contributed by atoms with van der Waals surface area (Å²) in [5, 5.41) is 3.20. The van der Waals surface area contributed by atoms with Gasteiger partial charge in [0.2, 0.25) is 5.91 Å². The maximum Gasteiger partial charge on any atom is 0.225 e. The number of amides is 1. The molecule has 0 aliphatic carbocycles. The van der Waals surface area contributed by atoms with Crippen LogP contribution in [0.1, 0.15) is 25.0 Å². The van der Waals surface area contributed by atoms with Gasteiger partial charge in [0.05, 0.1) is 5.92 Å². The summed E-state index contributed by atoms with van der Waals surface area (Å²) in [6.07, 6.45) is 3.75. The summed E-state index contributed by atoms with van der Waals surface area (Å²) in [6, 6.07) is 14.7. The van der Waals surface area contributed by atoms with Crippen molar-refractivity contribution in [3.05, 3.63) is 66.0 Å². The molecule has 2 fully saturated rings. The average molecular weight is 393 g/mol. The molecule has 5 nitrogen and oxygen atoms in total. The van der Waals surface area contributed by atoms with E-state index in [9.17, 15) is 4.79 Å². The van der Waals surface area contributed by atoms with E-state index >= 15 is 0 Å². The molecule has 2 aliphatic rings. The summed E-state index contributed by atoms with van der Waals surface area (Å²) in [6.45, 7) is 10.7. The molecule has 1 unspecified atom stereocenters. The lowest BCUT2D eigenvalue weighted by Gasteiger charge is -2.50. The smallest absolute Gasteiger partial charge is 0.225 e. The van der Waals surface area contributed by atoms with E-state index in [1.54, 1.807) is 0 Å². The van der Waals surface area contributed by atoms with E-state index in [2.05, 4.69) is 70.3 Å². The van der Waals surface area contributed by atoms with E-state index in [-0.39, 0.29) is 17.2 Å². The lowest BCUT2D eigenvalue weighted by Crippen LogP contribution is -2.62. The van der Waals surface area contributed by atoms with Crippen LogP contribution in [0, 0.1) is 17.3 Å². The van der Waals surface area contributed by atoms with Gasteiger partial charge in [0.25, 0.3) is 0 Å². The first kappa shape index (κ1) is 20.0. The highest BCUT2D eigenvalue weighted by Gasteiger charge is 2.56. The molecule has 29 heavy (non-hydrogen) atoms. The summed E-state index contributed by atoms with van der Waals surface area (Å²) in [7, 11) is 0. The minimum Gasteiger partial charge on any atom is -0.356 e. The van der Waals surface area contributed by atoms with Crippen LogP contribution in [0.25, 0.3) is 0 Å². The molecule has 0 saturated carbocycles. The quantitative estimate of drug-likeness (QED) is 0.787. The molecule has 1 aromatic carbocycles. The second-order valence-electron chi connectivity index (χ2n) is 9.22. The summed E-state index contributed by atoms with van der Waals surface area (Å²) in [5.74, 6) is 0.769. The molecule has 3 heterocycles. The Morgan fingerprint density at radius 1 is 1.07 bits per heavy atom. The number of likely N-dealkylation sites (tertiary alicyclic amines) is 2. The van der Waals surface area contributed by atoms with Crippen molar-refractivity contribution >= 4 is 5.91 Å². The zero-order valence-electron chi connectivity index (χ0n) is 17.6. The van der Waals surface area contributed by atoms with Gasteiger partial charge >= 0.3 is 0 Å². The first-order chi connectivity index (χ1) is 14.0. The van der Waals surface area contributed by atoms with Gasteiger partial charge in [0.1, 0.15) is 0 Å². The van der Waals surface area contributed by atoms with Crippen molar-refractivity contribution in [1.82, 2.24) is 20.1 Å². The van der Waals surface area contributed by atoms with Crippen molar-refractivity contribution < 1.29 is 4.79 Å². The fraction of sp³-hybridized carbons (Fsp3) is 0.500. The Labute approximate surface area is 174 Å². The number of rotatable bonds is 7. The molecule has 2 aromatic rings. The summed E-state index contributed by atoms with van der Waals surface area (Å²) in [4.78, 5) is 22.2. The van der Waals surface area contributed by atoms with Crippen LogP contribution in [0.15, 0.2) is 54.9 Å². The third-order valence-electron chi connectivity index (χ3n) is 6.17. The van der Waals surface area contributed by atoms with E-state index in [4.69, 9.17) is 0 Å². The normalized spacial score (nSPS) is 21.4. The monoisotopic (exact) mass is 392 g/mol. The van der Waals surface area contributed by atoms with Crippen LogP contribution in [0.4, 0.5) is 0 Å². The van der Waals surface area contributed by atoms with E-state index in [0.717, 1.165) is 45.8 Å². The molecule has 1 spiro atoms. The van der Waals surface area contributed by atoms with Crippen molar-refractivity contribution in [3.8, 4) is 0 Å². The average Bonchev–Trinajstić information content (AvgIpc) is 3.07. The van der Waals surface area contributed by atoms with Crippen LogP contribution in [0.5, 0.6) is 0 Å².